The lowest BCUT2D eigenvalue weighted by molar-refractivity contribution is -0.185. The molecule has 120 valence electrons. The van der Waals surface area contributed by atoms with Gasteiger partial charge in [0.05, 0.1) is 5.92 Å². The molecule has 1 saturated heterocycles. The lowest BCUT2D eigenvalue weighted by atomic mass is 9.96. The summed E-state index contributed by atoms with van der Waals surface area (Å²) < 4.78 is 37.6. The first-order valence-electron chi connectivity index (χ1n) is 8.04. The van der Waals surface area contributed by atoms with Gasteiger partial charge >= 0.3 is 6.18 Å². The highest BCUT2D eigenvalue weighted by molar-refractivity contribution is 4.76. The van der Waals surface area contributed by atoms with Crippen molar-refractivity contribution < 1.29 is 13.2 Å². The van der Waals surface area contributed by atoms with Crippen molar-refractivity contribution >= 4 is 0 Å². The monoisotopic (exact) mass is 294 g/mol. The molecule has 0 spiro atoms. The fraction of sp³-hybridized carbons (Fsp3) is 1.00. The summed E-state index contributed by atoms with van der Waals surface area (Å²) in [5, 5.41) is 3.38. The van der Waals surface area contributed by atoms with Crippen LogP contribution in [0.15, 0.2) is 0 Å². The minimum atomic E-state index is -3.99. The molecule has 5 heteroatoms. The van der Waals surface area contributed by atoms with Crippen LogP contribution in [0.3, 0.4) is 0 Å². The van der Waals surface area contributed by atoms with Gasteiger partial charge in [-0.05, 0) is 64.8 Å². The number of alkyl halides is 3. The second-order valence-corrected chi connectivity index (χ2v) is 5.82. The van der Waals surface area contributed by atoms with E-state index < -0.39 is 12.1 Å². The van der Waals surface area contributed by atoms with Crippen LogP contribution < -0.4 is 5.32 Å². The molecule has 0 unspecified atom stereocenters. The average Bonchev–Trinajstić information content (AvgIpc) is 2.41. The van der Waals surface area contributed by atoms with E-state index in [9.17, 15) is 13.2 Å². The summed E-state index contributed by atoms with van der Waals surface area (Å²) in [6.45, 7) is 6.53. The molecular formula is C15H29F3N2. The largest absolute Gasteiger partial charge is 0.391 e. The third kappa shape index (κ3) is 7.48. The van der Waals surface area contributed by atoms with Gasteiger partial charge in [0.2, 0.25) is 0 Å². The molecule has 0 aromatic heterocycles. The molecule has 0 aromatic rings. The van der Waals surface area contributed by atoms with E-state index in [0.717, 1.165) is 26.1 Å². The highest BCUT2D eigenvalue weighted by Crippen LogP contribution is 2.34. The van der Waals surface area contributed by atoms with Crippen LogP contribution in [-0.2, 0) is 0 Å². The molecule has 0 aliphatic carbocycles. The lowest BCUT2D eigenvalue weighted by Gasteiger charge is -2.32. The van der Waals surface area contributed by atoms with Gasteiger partial charge < -0.3 is 10.2 Å². The van der Waals surface area contributed by atoms with Crippen LogP contribution in [0.1, 0.15) is 51.9 Å². The molecule has 1 rings (SSSR count). The molecular weight excluding hydrogens is 265 g/mol. The van der Waals surface area contributed by atoms with E-state index in [2.05, 4.69) is 17.1 Å². The first-order chi connectivity index (χ1) is 9.54. The van der Waals surface area contributed by atoms with Gasteiger partial charge in [0.25, 0.3) is 0 Å². The number of unbranched alkanes of at least 4 members (excludes halogenated alkanes) is 3. The van der Waals surface area contributed by atoms with Crippen LogP contribution in [0, 0.1) is 5.92 Å². The van der Waals surface area contributed by atoms with Crippen molar-refractivity contribution in [2.45, 2.75) is 58.0 Å². The lowest BCUT2D eigenvalue weighted by Crippen LogP contribution is -2.39. The van der Waals surface area contributed by atoms with E-state index in [1.54, 1.807) is 0 Å². The van der Waals surface area contributed by atoms with Gasteiger partial charge in [0, 0.05) is 0 Å². The summed E-state index contributed by atoms with van der Waals surface area (Å²) in [5.41, 5.74) is 0. The van der Waals surface area contributed by atoms with E-state index in [0.29, 0.717) is 13.1 Å². The summed E-state index contributed by atoms with van der Waals surface area (Å²) in [7, 11) is 0. The van der Waals surface area contributed by atoms with Crippen molar-refractivity contribution in [2.24, 2.45) is 5.92 Å². The third-order valence-electron chi connectivity index (χ3n) is 4.06. The van der Waals surface area contributed by atoms with Gasteiger partial charge in [0.15, 0.2) is 0 Å². The Kier molecular flexibility index (Phi) is 8.53. The van der Waals surface area contributed by atoms with Gasteiger partial charge in [-0.3, -0.25) is 0 Å². The van der Waals surface area contributed by atoms with Crippen molar-refractivity contribution in [1.82, 2.24) is 10.2 Å². The van der Waals surface area contributed by atoms with Crippen LogP contribution in [-0.4, -0.2) is 43.8 Å². The van der Waals surface area contributed by atoms with Crippen LogP contribution in [0.5, 0.6) is 0 Å². The van der Waals surface area contributed by atoms with Crippen molar-refractivity contribution in [1.29, 1.82) is 0 Å². The predicted molar refractivity (Wildman–Crippen MR) is 76.8 cm³/mol. The fourth-order valence-electron chi connectivity index (χ4n) is 2.72. The number of rotatable bonds is 9. The number of piperidine rings is 1. The van der Waals surface area contributed by atoms with Crippen LogP contribution >= 0.6 is 0 Å². The van der Waals surface area contributed by atoms with Gasteiger partial charge in [-0.2, -0.15) is 13.2 Å². The molecule has 0 radical (unpaired) electrons. The Bertz CT molecular complexity index is 236. The Hall–Kier alpha value is -0.290. The highest BCUT2D eigenvalue weighted by Gasteiger charge is 2.40. The summed E-state index contributed by atoms with van der Waals surface area (Å²) in [6.07, 6.45) is 2.48. The maximum Gasteiger partial charge on any atom is 0.391 e. The molecule has 2 nitrogen and oxygen atoms in total. The molecule has 1 fully saturated rings. The molecule has 0 amide bonds. The highest BCUT2D eigenvalue weighted by atomic mass is 19.4. The van der Waals surface area contributed by atoms with Gasteiger partial charge in [-0.15, -0.1) is 0 Å². The van der Waals surface area contributed by atoms with Gasteiger partial charge in [0.1, 0.15) is 0 Å². The van der Waals surface area contributed by atoms with Crippen molar-refractivity contribution in [3.05, 3.63) is 0 Å². The standard InChI is InChI=1S/C15H29F3N2/c1-2-9-19-10-5-3-4-6-11-20-12-7-14(8-13-20)15(16,17)18/h14,19H,2-13H2,1H3. The van der Waals surface area contributed by atoms with Gasteiger partial charge in [-0.25, -0.2) is 0 Å². The fourth-order valence-corrected chi connectivity index (χ4v) is 2.72. The van der Waals surface area contributed by atoms with Crippen molar-refractivity contribution in [3.63, 3.8) is 0 Å². The Balaban J connectivity index is 1.94. The van der Waals surface area contributed by atoms with Crippen molar-refractivity contribution in [3.8, 4) is 0 Å². The molecule has 20 heavy (non-hydrogen) atoms. The number of likely N-dealkylation sites (tertiary alicyclic amines) is 1. The molecule has 1 N–H and O–H groups in total. The van der Waals surface area contributed by atoms with E-state index in [4.69, 9.17) is 0 Å². The zero-order valence-electron chi connectivity index (χ0n) is 12.6. The average molecular weight is 294 g/mol. The molecule has 0 atom stereocenters. The quantitative estimate of drug-likeness (QED) is 0.650. The van der Waals surface area contributed by atoms with E-state index in [1.807, 2.05) is 0 Å². The second kappa shape index (κ2) is 9.61. The normalized spacial score (nSPS) is 18.6. The summed E-state index contributed by atoms with van der Waals surface area (Å²) in [5.74, 6) is -1.07. The smallest absolute Gasteiger partial charge is 0.317 e. The Morgan fingerprint density at radius 2 is 1.65 bits per heavy atom. The maximum absolute atomic E-state index is 12.5. The van der Waals surface area contributed by atoms with Crippen LogP contribution in [0.4, 0.5) is 13.2 Å². The van der Waals surface area contributed by atoms with Gasteiger partial charge in [-0.1, -0.05) is 19.8 Å². The minimum absolute atomic E-state index is 0.282. The number of nitrogens with one attached hydrogen (secondary N) is 1. The van der Waals surface area contributed by atoms with Crippen LogP contribution in [0.2, 0.25) is 0 Å². The molecule has 0 bridgehead atoms. The Morgan fingerprint density at radius 1 is 1.00 bits per heavy atom. The SMILES string of the molecule is CCCNCCCCCCN1CCC(C(F)(F)F)CC1. The molecule has 0 saturated carbocycles. The summed E-state index contributed by atoms with van der Waals surface area (Å²) in [4.78, 5) is 2.19. The second-order valence-electron chi connectivity index (χ2n) is 5.82. The van der Waals surface area contributed by atoms with Crippen molar-refractivity contribution in [2.75, 3.05) is 32.7 Å². The molecule has 1 aliphatic heterocycles. The molecule has 1 aliphatic rings. The number of hydrogen-bond acceptors (Lipinski definition) is 2. The minimum Gasteiger partial charge on any atom is -0.317 e. The van der Waals surface area contributed by atoms with E-state index >= 15 is 0 Å². The number of nitrogens with zero attached hydrogens (tertiary/aromatic N) is 1. The molecule has 1 heterocycles. The van der Waals surface area contributed by atoms with E-state index in [1.165, 1.54) is 25.7 Å². The first kappa shape index (κ1) is 17.8. The maximum atomic E-state index is 12.5. The Morgan fingerprint density at radius 3 is 2.25 bits per heavy atom. The van der Waals surface area contributed by atoms with E-state index in [-0.39, 0.29) is 12.8 Å². The topological polar surface area (TPSA) is 15.3 Å². The zero-order valence-corrected chi connectivity index (χ0v) is 12.6. The molecule has 0 aromatic carbocycles. The summed E-state index contributed by atoms with van der Waals surface area (Å²) in [6, 6.07) is 0. The first-order valence-corrected chi connectivity index (χ1v) is 8.04. The predicted octanol–water partition coefficient (Wildman–Crippen LogP) is 3.82. The zero-order chi connectivity index (χ0) is 14.8. The number of hydrogen-bond donors (Lipinski definition) is 1. The summed E-state index contributed by atoms with van der Waals surface area (Å²) >= 11 is 0. The van der Waals surface area contributed by atoms with Crippen LogP contribution in [0.25, 0.3) is 0 Å². The Labute approximate surface area is 121 Å². The number of halogens is 3. The third-order valence-corrected chi connectivity index (χ3v) is 4.06.